The van der Waals surface area contributed by atoms with Gasteiger partial charge in [0.2, 0.25) is 0 Å². The van der Waals surface area contributed by atoms with Crippen LogP contribution in [0, 0.1) is 0 Å². The number of allylic oxidation sites excluding steroid dienone is 1. The highest BCUT2D eigenvalue weighted by Crippen LogP contribution is 2.46. The Morgan fingerprint density at radius 1 is 1.00 bits per heavy atom. The first kappa shape index (κ1) is 29.5. The zero-order chi connectivity index (χ0) is 28.5. The second kappa shape index (κ2) is 14.2. The van der Waals surface area contributed by atoms with Crippen molar-refractivity contribution < 1.29 is 19.1 Å². The largest absolute Gasteiger partial charge is 0.497 e. The fourth-order valence-electron chi connectivity index (χ4n) is 4.21. The predicted octanol–water partition coefficient (Wildman–Crippen LogP) is 6.16. The van der Waals surface area contributed by atoms with Gasteiger partial charge in [-0.2, -0.15) is 0 Å². The topological polar surface area (TPSA) is 71.4 Å². The van der Waals surface area contributed by atoms with Crippen LogP contribution in [0.1, 0.15) is 23.3 Å². The van der Waals surface area contributed by atoms with Crippen LogP contribution in [0.5, 0.6) is 5.75 Å². The molecule has 2 atom stereocenters. The number of carbonyl (C=O) groups excluding carboxylic acids is 2. The molecule has 2 heterocycles. The van der Waals surface area contributed by atoms with Gasteiger partial charge in [-0.05, 0) is 61.6 Å². The van der Waals surface area contributed by atoms with Crippen molar-refractivity contribution in [3.63, 3.8) is 0 Å². The minimum atomic E-state index is -0.916. The molecular weight excluding hydrogens is 542 g/mol. The highest BCUT2D eigenvalue weighted by Gasteiger charge is 2.40. The molecule has 2 aliphatic rings. The second-order valence-electron chi connectivity index (χ2n) is 9.35. The average Bonchev–Trinajstić information content (AvgIpc) is 3.26. The number of ether oxygens (including phenoxy) is 2. The van der Waals surface area contributed by atoms with E-state index in [4.69, 9.17) is 9.47 Å². The van der Waals surface area contributed by atoms with E-state index in [0.717, 1.165) is 21.9 Å². The summed E-state index contributed by atoms with van der Waals surface area (Å²) in [6.07, 6.45) is 4.92. The molecule has 0 saturated carbocycles. The molecule has 0 spiro atoms. The summed E-state index contributed by atoms with van der Waals surface area (Å²) in [6.45, 7) is 2.55. The molecule has 3 aromatic rings. The van der Waals surface area contributed by atoms with E-state index in [-0.39, 0.29) is 11.2 Å². The van der Waals surface area contributed by atoms with Gasteiger partial charge in [-0.25, -0.2) is 4.40 Å². The summed E-state index contributed by atoms with van der Waals surface area (Å²) in [5.41, 5.74) is 2.99. The molecular formula is C31H33N3O4S2. The SMILES string of the molecule is C1=Cc2ccccc2SN=C1.COc1ccc([C@@H]2Sc3ccccc3N(CCN(C)C)C(=O)[C@@H]2OC(C)=O)cc1. The van der Waals surface area contributed by atoms with Gasteiger partial charge in [-0.15, -0.1) is 11.8 Å². The summed E-state index contributed by atoms with van der Waals surface area (Å²) >= 11 is 3.06. The molecule has 1 amide bonds. The van der Waals surface area contributed by atoms with E-state index >= 15 is 0 Å². The van der Waals surface area contributed by atoms with Crippen molar-refractivity contribution in [1.82, 2.24) is 4.90 Å². The Hall–Kier alpha value is -3.53. The molecule has 7 nitrogen and oxygen atoms in total. The maximum Gasteiger partial charge on any atom is 0.303 e. The van der Waals surface area contributed by atoms with Gasteiger partial charge >= 0.3 is 5.97 Å². The predicted molar refractivity (Wildman–Crippen MR) is 164 cm³/mol. The molecule has 0 N–H and O–H groups in total. The van der Waals surface area contributed by atoms with Crippen LogP contribution in [-0.2, 0) is 14.3 Å². The Bertz CT molecular complexity index is 1380. The Balaban J connectivity index is 0.000000278. The van der Waals surface area contributed by atoms with Crippen molar-refractivity contribution >= 4 is 53.6 Å². The first-order valence-electron chi connectivity index (χ1n) is 12.9. The number of nitrogens with zero attached hydrogens (tertiary/aromatic N) is 3. The van der Waals surface area contributed by atoms with E-state index in [2.05, 4.69) is 22.6 Å². The summed E-state index contributed by atoms with van der Waals surface area (Å²) in [7, 11) is 5.54. The molecule has 5 rings (SSSR count). The van der Waals surface area contributed by atoms with Crippen molar-refractivity contribution in [1.29, 1.82) is 0 Å². The van der Waals surface area contributed by atoms with Gasteiger partial charge in [-0.3, -0.25) is 9.59 Å². The van der Waals surface area contributed by atoms with E-state index in [0.29, 0.717) is 13.1 Å². The van der Waals surface area contributed by atoms with Gasteiger partial charge in [-0.1, -0.05) is 48.5 Å². The van der Waals surface area contributed by atoms with Crippen LogP contribution in [0.3, 0.4) is 0 Å². The van der Waals surface area contributed by atoms with Crippen LogP contribution >= 0.6 is 23.7 Å². The zero-order valence-electron chi connectivity index (χ0n) is 23.0. The monoisotopic (exact) mass is 575 g/mol. The lowest BCUT2D eigenvalue weighted by molar-refractivity contribution is -0.152. The van der Waals surface area contributed by atoms with E-state index in [1.807, 2.05) is 91.9 Å². The minimum absolute atomic E-state index is 0.208. The number of anilines is 1. The van der Waals surface area contributed by atoms with Gasteiger partial charge in [0.1, 0.15) is 5.75 Å². The Labute approximate surface area is 244 Å². The number of methoxy groups -OCH3 is 1. The molecule has 2 aliphatic heterocycles. The fraction of sp³-hybridized carbons (Fsp3) is 0.258. The molecule has 0 unspecified atom stereocenters. The van der Waals surface area contributed by atoms with Crippen molar-refractivity contribution in [3.8, 4) is 5.75 Å². The summed E-state index contributed by atoms with van der Waals surface area (Å²) in [4.78, 5) is 31.4. The van der Waals surface area contributed by atoms with Gasteiger partial charge < -0.3 is 19.3 Å². The molecule has 0 aromatic heterocycles. The molecule has 208 valence electrons. The lowest BCUT2D eigenvalue weighted by Gasteiger charge is -2.28. The number of amides is 1. The highest BCUT2D eigenvalue weighted by atomic mass is 32.2. The quantitative estimate of drug-likeness (QED) is 0.258. The smallest absolute Gasteiger partial charge is 0.303 e. The zero-order valence-corrected chi connectivity index (χ0v) is 24.7. The van der Waals surface area contributed by atoms with Crippen LogP contribution in [0.4, 0.5) is 5.69 Å². The minimum Gasteiger partial charge on any atom is -0.497 e. The van der Waals surface area contributed by atoms with Crippen molar-refractivity contribution in [2.75, 3.05) is 39.2 Å². The van der Waals surface area contributed by atoms with Crippen LogP contribution < -0.4 is 9.64 Å². The first-order valence-corrected chi connectivity index (χ1v) is 14.5. The molecule has 0 bridgehead atoms. The Morgan fingerprint density at radius 3 is 2.40 bits per heavy atom. The molecule has 0 radical (unpaired) electrons. The van der Waals surface area contributed by atoms with E-state index < -0.39 is 12.1 Å². The number of benzene rings is 3. The molecule has 0 saturated heterocycles. The van der Waals surface area contributed by atoms with E-state index in [1.165, 1.54) is 29.3 Å². The molecule has 0 fully saturated rings. The highest BCUT2D eigenvalue weighted by molar-refractivity contribution is 7.99. The standard InChI is InChI=1S/C22H26N2O4S.C9H7NS/c1-15(25)28-20-21(16-9-11-17(27-4)12-10-16)29-19-8-6-5-7-18(19)24(22(20)26)14-13-23(2)3;1-2-6-9-8(4-1)5-3-7-10-11-9/h5-12,20-21H,13-14H2,1-4H3;1-7H/t20-,21+;/m1./s1. The number of hydrogen-bond donors (Lipinski definition) is 0. The number of hydrogen-bond acceptors (Lipinski definition) is 8. The average molecular weight is 576 g/mol. The maximum atomic E-state index is 13.6. The van der Waals surface area contributed by atoms with E-state index in [1.54, 1.807) is 23.8 Å². The number of para-hydroxylation sites is 1. The normalized spacial score (nSPS) is 17.6. The maximum absolute atomic E-state index is 13.6. The van der Waals surface area contributed by atoms with Crippen LogP contribution in [0.2, 0.25) is 0 Å². The third-order valence-corrected chi connectivity index (χ3v) is 8.36. The first-order chi connectivity index (χ1) is 19.4. The number of esters is 1. The lowest BCUT2D eigenvalue weighted by Crippen LogP contribution is -2.45. The summed E-state index contributed by atoms with van der Waals surface area (Å²) in [5, 5.41) is -0.359. The van der Waals surface area contributed by atoms with Gasteiger partial charge in [0.25, 0.3) is 5.91 Å². The van der Waals surface area contributed by atoms with Crippen molar-refractivity contribution in [3.05, 3.63) is 90.0 Å². The van der Waals surface area contributed by atoms with Gasteiger partial charge in [0.15, 0.2) is 6.10 Å². The summed E-state index contributed by atoms with van der Waals surface area (Å²) < 4.78 is 14.9. The van der Waals surface area contributed by atoms with Crippen molar-refractivity contribution in [2.45, 2.75) is 28.1 Å². The number of carbonyl (C=O) groups is 2. The third kappa shape index (κ3) is 7.56. The van der Waals surface area contributed by atoms with Crippen LogP contribution in [0.25, 0.3) is 6.08 Å². The number of likely N-dealkylation sites (N-methyl/N-ethyl adjacent to an activating group) is 1. The Morgan fingerprint density at radius 2 is 1.70 bits per heavy atom. The number of fused-ring (bicyclic) bond motifs is 2. The fourth-order valence-corrected chi connectivity index (χ4v) is 6.15. The molecule has 3 aromatic carbocycles. The van der Waals surface area contributed by atoms with Crippen LogP contribution in [0.15, 0.2) is 93.1 Å². The van der Waals surface area contributed by atoms with E-state index in [9.17, 15) is 9.59 Å². The van der Waals surface area contributed by atoms with Crippen molar-refractivity contribution in [2.24, 2.45) is 4.40 Å². The van der Waals surface area contributed by atoms with Crippen LogP contribution in [-0.4, -0.2) is 63.4 Å². The molecule has 40 heavy (non-hydrogen) atoms. The second-order valence-corrected chi connectivity index (χ2v) is 11.4. The Kier molecular flexibility index (Phi) is 10.5. The third-order valence-electron chi connectivity index (χ3n) is 6.20. The summed E-state index contributed by atoms with van der Waals surface area (Å²) in [6, 6.07) is 23.6. The lowest BCUT2D eigenvalue weighted by atomic mass is 10.1. The number of thioether (sulfide) groups is 1. The number of rotatable bonds is 6. The van der Waals surface area contributed by atoms with Gasteiger partial charge in [0.05, 0.1) is 18.0 Å². The van der Waals surface area contributed by atoms with Gasteiger partial charge in [0, 0.05) is 48.0 Å². The molecule has 0 aliphatic carbocycles. The summed E-state index contributed by atoms with van der Waals surface area (Å²) in [5.74, 6) is 0.0528. The molecule has 9 heteroatoms.